The first-order valence-electron chi connectivity index (χ1n) is 7.61. The van der Waals surface area contributed by atoms with Crippen LogP contribution in [-0.4, -0.2) is 18.9 Å². The van der Waals surface area contributed by atoms with Crippen molar-refractivity contribution in [3.8, 4) is 5.75 Å². The number of esters is 1. The first-order chi connectivity index (χ1) is 12.8. The zero-order chi connectivity index (χ0) is 21.5. The Labute approximate surface area is 232 Å². The number of carbonyl (C=O) groups is 1. The van der Waals surface area contributed by atoms with E-state index in [0.717, 1.165) is 17.9 Å². The quantitative estimate of drug-likeness (QED) is 0.0903. The van der Waals surface area contributed by atoms with Crippen molar-refractivity contribution in [1.82, 2.24) is 0 Å². The Morgan fingerprint density at radius 3 is 1.86 bits per heavy atom. The average molecular weight is 963 g/mol. The van der Waals surface area contributed by atoms with Gasteiger partial charge in [0.2, 0.25) is 0 Å². The lowest BCUT2D eigenvalue weighted by Gasteiger charge is -2.19. The van der Waals surface area contributed by atoms with Gasteiger partial charge in [0.05, 0.1) is 17.6 Å². The van der Waals surface area contributed by atoms with E-state index in [1.54, 1.807) is 20.8 Å². The normalized spacial score (nSPS) is 11.8. The Morgan fingerprint density at radius 2 is 1.43 bits per heavy atom. The predicted molar refractivity (Wildman–Crippen MR) is 148 cm³/mol. The molecule has 0 amide bonds. The summed E-state index contributed by atoms with van der Waals surface area (Å²) in [6, 6.07) is 2.71. The molecule has 0 spiro atoms. The molecule has 28 heavy (non-hydrogen) atoms. The second kappa shape index (κ2) is 9.95. The summed E-state index contributed by atoms with van der Waals surface area (Å²) in [5, 5.41) is 0. The minimum Gasteiger partial charge on any atom is -0.744 e. The first kappa shape index (κ1) is 25.7. The molecule has 5 nitrogen and oxygen atoms in total. The summed E-state index contributed by atoms with van der Waals surface area (Å²) in [5.74, 6) is -0.351. The highest BCUT2D eigenvalue weighted by Gasteiger charge is 2.24. The van der Waals surface area contributed by atoms with Gasteiger partial charge in [-0.25, -0.2) is 13.2 Å². The fraction of sp³-hybridized carbons (Fsp3) is 0.235. The largest absolute Gasteiger partial charge is 0.744 e. The Morgan fingerprint density at radius 1 is 0.964 bits per heavy atom. The van der Waals surface area contributed by atoms with Gasteiger partial charge in [-0.3, -0.25) is 0 Å². The topological polar surface area (TPSA) is 83.5 Å². The van der Waals surface area contributed by atoms with E-state index in [9.17, 15) is 17.8 Å². The third kappa shape index (κ3) is 5.44. The number of hydrogen-bond acceptors (Lipinski definition) is 5. The number of rotatable bonds is 4. The Kier molecular flexibility index (Phi) is 9.14. The molecule has 0 aliphatic heterocycles. The minimum absolute atomic E-state index is 0.242. The number of ether oxygens (including phenoxy) is 1. The van der Waals surface area contributed by atoms with Crippen LogP contribution < -0.4 is 4.74 Å². The number of aryl methyl sites for hydroxylation is 1. The predicted octanol–water partition coefficient (Wildman–Crippen LogP) is 6.26. The number of halogens is 5. The molecule has 0 aliphatic rings. The summed E-state index contributed by atoms with van der Waals surface area (Å²) in [7, 11) is -4.64. The van der Waals surface area contributed by atoms with Crippen LogP contribution in [0.2, 0.25) is 0 Å². The molecule has 2 aromatic rings. The van der Waals surface area contributed by atoms with Crippen LogP contribution in [0.3, 0.4) is 0 Å². The molecular weight excluding hydrogens is 951 g/mol. The molecule has 0 unspecified atom stereocenters. The molecule has 0 atom stereocenters. The van der Waals surface area contributed by atoms with Crippen LogP contribution in [0.5, 0.6) is 5.75 Å². The third-order valence-electron chi connectivity index (χ3n) is 3.83. The maximum atomic E-state index is 12.9. The maximum absolute atomic E-state index is 12.9. The molecule has 0 aliphatic carbocycles. The highest BCUT2D eigenvalue weighted by molar-refractivity contribution is 14.1. The van der Waals surface area contributed by atoms with Crippen LogP contribution in [0, 0.1) is 24.8 Å². The van der Waals surface area contributed by atoms with Gasteiger partial charge in [0, 0.05) is 10.7 Å². The molecule has 0 saturated heterocycles. The summed E-state index contributed by atoms with van der Waals surface area (Å²) in [5.41, 5.74) is 0.929. The van der Waals surface area contributed by atoms with E-state index < -0.39 is 16.1 Å². The van der Waals surface area contributed by atoms with Crippen LogP contribution in [-0.2, 0) is 10.1 Å². The van der Waals surface area contributed by atoms with Crippen molar-refractivity contribution in [1.29, 1.82) is 0 Å². The molecule has 2 rings (SSSR count). The third-order valence-corrected chi connectivity index (χ3v) is 14.1. The van der Waals surface area contributed by atoms with E-state index in [1.807, 2.05) is 0 Å². The number of benzene rings is 2. The highest BCUT2D eigenvalue weighted by atomic mass is 127. The first-order valence-corrected chi connectivity index (χ1v) is 14.4. The lowest BCUT2D eigenvalue weighted by molar-refractivity contribution is 0.0730. The monoisotopic (exact) mass is 963 g/mol. The van der Waals surface area contributed by atoms with Gasteiger partial charge in [-0.1, -0.05) is 13.8 Å². The summed E-state index contributed by atoms with van der Waals surface area (Å²) in [4.78, 5) is 12.6. The van der Waals surface area contributed by atoms with Gasteiger partial charge >= 0.3 is 5.97 Å². The van der Waals surface area contributed by atoms with Gasteiger partial charge in [0.1, 0.15) is 10.1 Å². The molecular formula is C17H12I5O5S-. The molecule has 0 bridgehead atoms. The highest BCUT2D eigenvalue weighted by Crippen LogP contribution is 2.39. The zero-order valence-corrected chi connectivity index (χ0v) is 26.2. The van der Waals surface area contributed by atoms with Crippen molar-refractivity contribution in [3.05, 3.63) is 46.7 Å². The molecule has 0 radical (unpaired) electrons. The molecule has 11 heteroatoms. The molecule has 2 aromatic carbocycles. The molecule has 0 aromatic heterocycles. The smallest absolute Gasteiger partial charge is 0.343 e. The zero-order valence-electron chi connectivity index (χ0n) is 14.6. The molecule has 0 fully saturated rings. The Hall–Kier alpha value is 1.47. The van der Waals surface area contributed by atoms with E-state index in [1.165, 1.54) is 12.1 Å². The SMILES string of the molecule is Cc1cc(S(=O)(=O)[O-])c(C(C)C)cc1C(=O)Oc1c(I)c(I)c(I)c(I)c1I. The van der Waals surface area contributed by atoms with E-state index in [2.05, 4.69) is 113 Å². The van der Waals surface area contributed by atoms with E-state index in [0.29, 0.717) is 16.9 Å². The fourth-order valence-electron chi connectivity index (χ4n) is 2.41. The van der Waals surface area contributed by atoms with Crippen molar-refractivity contribution in [2.75, 3.05) is 0 Å². The van der Waals surface area contributed by atoms with Gasteiger partial charge < -0.3 is 9.29 Å². The van der Waals surface area contributed by atoms with Gasteiger partial charge in [0.15, 0.2) is 5.75 Å². The van der Waals surface area contributed by atoms with Crippen LogP contribution in [0.25, 0.3) is 0 Å². The van der Waals surface area contributed by atoms with Gasteiger partial charge in [-0.15, -0.1) is 0 Å². The Bertz CT molecular complexity index is 1050. The standard InChI is InChI=1S/C17H13I5O5S/c1-6(2)8-5-9(7(3)4-10(8)28(24,25)26)17(23)27-16-14(21)12(19)11(18)13(20)15(16)22/h4-6H,1-3H3,(H,24,25,26)/p-1. The van der Waals surface area contributed by atoms with Crippen LogP contribution in [0.1, 0.15) is 41.3 Å². The van der Waals surface area contributed by atoms with Crippen molar-refractivity contribution >= 4 is 129 Å². The second-order valence-corrected chi connectivity index (χ2v) is 12.8. The van der Waals surface area contributed by atoms with E-state index in [4.69, 9.17) is 4.74 Å². The molecule has 0 saturated carbocycles. The second-order valence-electron chi connectivity index (χ2n) is 6.10. The fourth-order valence-corrected chi connectivity index (χ4v) is 8.24. The maximum Gasteiger partial charge on any atom is 0.343 e. The van der Waals surface area contributed by atoms with Gasteiger partial charge in [-0.05, 0) is 149 Å². The van der Waals surface area contributed by atoms with Crippen molar-refractivity contribution in [2.24, 2.45) is 0 Å². The van der Waals surface area contributed by atoms with Crippen LogP contribution in [0.15, 0.2) is 17.0 Å². The molecule has 0 N–H and O–H groups in total. The summed E-state index contributed by atoms with van der Waals surface area (Å²) in [6.07, 6.45) is 0. The van der Waals surface area contributed by atoms with E-state index >= 15 is 0 Å². The van der Waals surface area contributed by atoms with Gasteiger partial charge in [0.25, 0.3) is 0 Å². The average Bonchev–Trinajstić information content (AvgIpc) is 2.60. The van der Waals surface area contributed by atoms with Gasteiger partial charge in [-0.2, -0.15) is 0 Å². The number of carbonyl (C=O) groups excluding carboxylic acids is 1. The lowest BCUT2D eigenvalue weighted by atomic mass is 9.97. The number of hydrogen-bond donors (Lipinski definition) is 0. The van der Waals surface area contributed by atoms with E-state index in [-0.39, 0.29) is 16.4 Å². The molecule has 0 heterocycles. The lowest BCUT2D eigenvalue weighted by Crippen LogP contribution is -2.16. The summed E-state index contributed by atoms with van der Waals surface area (Å²) < 4.78 is 45.3. The van der Waals surface area contributed by atoms with Crippen molar-refractivity contribution in [3.63, 3.8) is 0 Å². The summed E-state index contributed by atoms with van der Waals surface area (Å²) >= 11 is 11.0. The summed E-state index contributed by atoms with van der Waals surface area (Å²) in [6.45, 7) is 5.13. The Balaban J connectivity index is 2.60. The van der Waals surface area contributed by atoms with Crippen LogP contribution in [0.4, 0.5) is 0 Å². The van der Waals surface area contributed by atoms with Crippen molar-refractivity contribution in [2.45, 2.75) is 31.6 Å². The minimum atomic E-state index is -4.64. The molecule has 152 valence electrons. The van der Waals surface area contributed by atoms with Crippen molar-refractivity contribution < 1.29 is 22.5 Å². The van der Waals surface area contributed by atoms with Crippen LogP contribution >= 0.6 is 113 Å².